The number of anilines is 1. The fourth-order valence-corrected chi connectivity index (χ4v) is 1.77. The molecule has 90 valence electrons. The van der Waals surface area contributed by atoms with E-state index in [-0.39, 0.29) is 0 Å². The number of hydrogen-bond acceptors (Lipinski definition) is 6. The van der Waals surface area contributed by atoms with Crippen LogP contribution in [0.1, 0.15) is 11.3 Å². The van der Waals surface area contributed by atoms with Crippen LogP contribution in [0.3, 0.4) is 0 Å². The summed E-state index contributed by atoms with van der Waals surface area (Å²) in [6, 6.07) is 6.55. The van der Waals surface area contributed by atoms with Gasteiger partial charge in [0.05, 0.1) is 5.56 Å². The molecule has 1 atom stereocenters. The molecule has 0 aliphatic carbocycles. The molecule has 1 rings (SSSR count). The van der Waals surface area contributed by atoms with Crippen molar-refractivity contribution >= 4 is 13.6 Å². The van der Waals surface area contributed by atoms with Crippen molar-refractivity contribution in [3.63, 3.8) is 0 Å². The highest BCUT2D eigenvalue weighted by Crippen LogP contribution is 2.54. The van der Waals surface area contributed by atoms with Crippen molar-refractivity contribution in [1.29, 1.82) is 0 Å². The summed E-state index contributed by atoms with van der Waals surface area (Å²) in [6.45, 7) is 0. The lowest BCUT2D eigenvalue weighted by Crippen LogP contribution is -2.54. The first-order valence-corrected chi connectivity index (χ1v) is 6.30. The number of hydrogen-bond donors (Lipinski definition) is 7. The zero-order chi connectivity index (χ0) is 12.3. The normalized spacial score (nSPS) is 13.9. The minimum atomic E-state index is -3.95. The predicted octanol–water partition coefficient (Wildman–Crippen LogP) is -1.72. The van der Waals surface area contributed by atoms with Gasteiger partial charge in [-0.05, 0) is 24.3 Å². The number of rotatable bonds is 4. The molecule has 0 saturated carbocycles. The Bertz CT molecular complexity index is 338. The zero-order valence-corrected chi connectivity index (χ0v) is 9.51. The van der Waals surface area contributed by atoms with Crippen molar-refractivity contribution in [1.82, 2.24) is 0 Å². The molecule has 11 N–H and O–H groups in total. The Morgan fingerprint density at radius 3 is 2.00 bits per heavy atom. The highest BCUT2D eigenvalue weighted by molar-refractivity contribution is 7.58. The van der Waals surface area contributed by atoms with Crippen molar-refractivity contribution in [3.8, 4) is 0 Å². The van der Waals surface area contributed by atoms with Gasteiger partial charge in [0.2, 0.25) is 0 Å². The molecule has 0 heterocycles. The highest BCUT2D eigenvalue weighted by Gasteiger charge is 2.44. The smallest absolute Gasteiger partial charge is 0.358 e. The molecule has 0 aliphatic heterocycles. The molecule has 0 radical (unpaired) electrons. The van der Waals surface area contributed by atoms with E-state index in [4.69, 9.17) is 26.1 Å². The number of nitrogens with one attached hydrogen (secondary N) is 1. The summed E-state index contributed by atoms with van der Waals surface area (Å²) in [4.78, 5) is 27.2. The van der Waals surface area contributed by atoms with Crippen LogP contribution in [0.4, 0.5) is 5.69 Å². The van der Waals surface area contributed by atoms with E-state index in [0.29, 0.717) is 11.3 Å². The fraction of sp³-hybridized carbons (Fsp3) is 0.250. The average Bonchev–Trinajstić information content (AvgIpc) is 2.15. The van der Waals surface area contributed by atoms with Gasteiger partial charge in [-0.25, -0.2) is 0 Å². The molecule has 1 aromatic rings. The Morgan fingerprint density at radius 2 is 1.62 bits per heavy atom. The van der Waals surface area contributed by atoms with Gasteiger partial charge in [-0.2, -0.15) is 14.7 Å². The van der Waals surface area contributed by atoms with E-state index in [1.807, 2.05) is 0 Å². The molecular formula is C8H17N4O3P+2. The van der Waals surface area contributed by atoms with E-state index >= 15 is 0 Å². The Hall–Kier alpha value is -0.790. The van der Waals surface area contributed by atoms with Crippen LogP contribution in [0.15, 0.2) is 24.3 Å². The summed E-state index contributed by atoms with van der Waals surface area (Å²) in [5.74, 6) is -0.951. The molecular weight excluding hydrogens is 231 g/mol. The van der Waals surface area contributed by atoms with Gasteiger partial charge in [0.1, 0.15) is 6.29 Å². The molecule has 0 aromatic heterocycles. The van der Waals surface area contributed by atoms with Gasteiger partial charge in [-0.1, -0.05) is 0 Å². The third-order valence-electron chi connectivity index (χ3n) is 2.05. The molecule has 16 heavy (non-hydrogen) atoms. The van der Waals surface area contributed by atoms with Crippen LogP contribution < -0.4 is 22.5 Å². The molecule has 0 unspecified atom stereocenters. The number of quaternary nitrogens is 1. The SMILES string of the molecule is NC(N)Nc1ccc([C@H]([NH3+])[P+](O)(O)O)cc1. The molecule has 0 fully saturated rings. The Balaban J connectivity index is 2.79. The topological polar surface area (TPSA) is 152 Å². The molecule has 0 saturated heterocycles. The third-order valence-corrected chi connectivity index (χ3v) is 3.18. The summed E-state index contributed by atoms with van der Waals surface area (Å²) in [6.07, 6.45) is -0.665. The first-order chi connectivity index (χ1) is 7.30. The summed E-state index contributed by atoms with van der Waals surface area (Å²) in [5, 5.41) is 2.77. The van der Waals surface area contributed by atoms with Crippen LogP contribution in [0, 0.1) is 0 Å². The van der Waals surface area contributed by atoms with Crippen molar-refractivity contribution in [3.05, 3.63) is 29.8 Å². The monoisotopic (exact) mass is 248 g/mol. The van der Waals surface area contributed by atoms with Gasteiger partial charge >= 0.3 is 7.94 Å². The van der Waals surface area contributed by atoms with Crippen LogP contribution in [-0.4, -0.2) is 21.0 Å². The first-order valence-electron chi connectivity index (χ1n) is 4.58. The van der Waals surface area contributed by atoms with Gasteiger partial charge in [0, 0.05) is 5.69 Å². The molecule has 8 heteroatoms. The molecule has 0 spiro atoms. The molecule has 7 nitrogen and oxygen atoms in total. The van der Waals surface area contributed by atoms with E-state index in [1.54, 1.807) is 24.3 Å². The largest absolute Gasteiger partial charge is 0.470 e. The first kappa shape index (κ1) is 13.3. The minimum Gasteiger partial charge on any atom is -0.358 e. The lowest BCUT2D eigenvalue weighted by atomic mass is 10.2. The van der Waals surface area contributed by atoms with Crippen molar-refractivity contribution in [2.24, 2.45) is 11.5 Å². The quantitative estimate of drug-likeness (QED) is 0.248. The van der Waals surface area contributed by atoms with E-state index in [1.165, 1.54) is 0 Å². The van der Waals surface area contributed by atoms with E-state index in [2.05, 4.69) is 11.1 Å². The molecule has 0 amide bonds. The number of nitrogens with two attached hydrogens (primary N) is 2. The zero-order valence-electron chi connectivity index (χ0n) is 8.61. The maximum absolute atomic E-state index is 9.06. The van der Waals surface area contributed by atoms with Crippen molar-refractivity contribution < 1.29 is 20.4 Å². The van der Waals surface area contributed by atoms with Gasteiger partial charge in [0.25, 0.3) is 5.78 Å². The second-order valence-corrected chi connectivity index (χ2v) is 5.28. The van der Waals surface area contributed by atoms with Crippen molar-refractivity contribution in [2.75, 3.05) is 5.32 Å². The molecule has 0 aliphatic rings. The molecule has 1 aromatic carbocycles. The lowest BCUT2D eigenvalue weighted by Gasteiger charge is -2.12. The van der Waals surface area contributed by atoms with Crippen LogP contribution in [0.25, 0.3) is 0 Å². The maximum atomic E-state index is 9.06. The van der Waals surface area contributed by atoms with Crippen LogP contribution in [0.2, 0.25) is 0 Å². The van der Waals surface area contributed by atoms with Gasteiger partial charge in [-0.15, -0.1) is 0 Å². The summed E-state index contributed by atoms with van der Waals surface area (Å²) in [7, 11) is -3.95. The second-order valence-electron chi connectivity index (χ2n) is 3.42. The Labute approximate surface area is 93.5 Å². The predicted molar refractivity (Wildman–Crippen MR) is 61.4 cm³/mol. The summed E-state index contributed by atoms with van der Waals surface area (Å²) < 4.78 is 0. The minimum absolute atomic E-state index is 0.525. The third kappa shape index (κ3) is 3.66. The maximum Gasteiger partial charge on any atom is 0.470 e. The van der Waals surface area contributed by atoms with Gasteiger partial charge in [0.15, 0.2) is 0 Å². The van der Waals surface area contributed by atoms with E-state index in [0.717, 1.165) is 0 Å². The number of benzene rings is 1. The summed E-state index contributed by atoms with van der Waals surface area (Å²) in [5.41, 5.74) is 15.4. The summed E-state index contributed by atoms with van der Waals surface area (Å²) >= 11 is 0. The second kappa shape index (κ2) is 5.03. The Morgan fingerprint density at radius 1 is 1.12 bits per heavy atom. The highest BCUT2D eigenvalue weighted by atomic mass is 31.2. The Kier molecular flexibility index (Phi) is 4.17. The van der Waals surface area contributed by atoms with Gasteiger partial charge < -0.3 is 11.1 Å². The van der Waals surface area contributed by atoms with E-state index < -0.39 is 20.0 Å². The standard InChI is InChI=1S/C8H16N4O3P/c9-7(16(13,14)15)5-1-3-6(4-2-5)12-8(10)11/h1-4,7-8,12-15H,9-11H2/q+1/p+1/t7-/m1/s1. The molecule has 0 bridgehead atoms. The van der Waals surface area contributed by atoms with Crippen LogP contribution in [-0.2, 0) is 0 Å². The average molecular weight is 248 g/mol. The fourth-order valence-electron chi connectivity index (χ4n) is 1.19. The van der Waals surface area contributed by atoms with Crippen LogP contribution in [0.5, 0.6) is 0 Å². The lowest BCUT2D eigenvalue weighted by molar-refractivity contribution is -0.401. The van der Waals surface area contributed by atoms with Gasteiger partial charge in [-0.3, -0.25) is 11.5 Å². The van der Waals surface area contributed by atoms with Crippen molar-refractivity contribution in [2.45, 2.75) is 12.1 Å². The van der Waals surface area contributed by atoms with Crippen LogP contribution >= 0.6 is 7.94 Å². The van der Waals surface area contributed by atoms with E-state index in [9.17, 15) is 0 Å².